The molecule has 1 aliphatic rings. The lowest BCUT2D eigenvalue weighted by Gasteiger charge is -2.18. The van der Waals surface area contributed by atoms with E-state index in [1.807, 2.05) is 12.1 Å². The fourth-order valence-electron chi connectivity index (χ4n) is 1.89. The number of aromatic nitrogens is 1. The van der Waals surface area contributed by atoms with Crippen molar-refractivity contribution >= 4 is 27.5 Å². The minimum Gasteiger partial charge on any atom is -0.480 e. The summed E-state index contributed by atoms with van der Waals surface area (Å²) in [6.45, 7) is 4.37. The first-order valence-electron chi connectivity index (χ1n) is 5.28. The molecule has 4 nitrogen and oxygen atoms in total. The number of carbonyl (C=O) groups is 1. The summed E-state index contributed by atoms with van der Waals surface area (Å²) in [5.41, 5.74) is 0.705. The molecule has 0 aliphatic carbocycles. The molecule has 2 rings (SSSR count). The molecular weight excluding hydrogens is 284 g/mol. The van der Waals surface area contributed by atoms with E-state index in [0.717, 1.165) is 4.47 Å². The molecule has 5 heteroatoms. The van der Waals surface area contributed by atoms with Gasteiger partial charge in [-0.05, 0) is 22.0 Å². The highest BCUT2D eigenvalue weighted by molar-refractivity contribution is 9.10. The number of carbonyl (C=O) groups excluding carboxylic acids is 1. The van der Waals surface area contributed by atoms with E-state index >= 15 is 0 Å². The number of rotatable bonds is 3. The van der Waals surface area contributed by atoms with Gasteiger partial charge in [0.05, 0.1) is 7.11 Å². The van der Waals surface area contributed by atoms with Crippen molar-refractivity contribution in [3.8, 4) is 5.88 Å². The maximum absolute atomic E-state index is 11.9. The summed E-state index contributed by atoms with van der Waals surface area (Å²) < 4.78 is 6.00. The van der Waals surface area contributed by atoms with Crippen LogP contribution in [0.5, 0.6) is 5.88 Å². The summed E-state index contributed by atoms with van der Waals surface area (Å²) in [6, 6.07) is 1.84. The first-order chi connectivity index (χ1) is 8.15. The molecule has 0 saturated carbocycles. The van der Waals surface area contributed by atoms with Gasteiger partial charge in [0.15, 0.2) is 0 Å². The molecule has 1 amide bonds. The smallest absolute Gasteiger partial charge is 0.237 e. The lowest BCUT2D eigenvalue weighted by molar-refractivity contribution is -0.117. The number of nitrogens with zero attached hydrogens (tertiary/aromatic N) is 2. The number of ether oxygens (including phenoxy) is 1. The van der Waals surface area contributed by atoms with Gasteiger partial charge in [-0.1, -0.05) is 6.08 Å². The summed E-state index contributed by atoms with van der Waals surface area (Å²) in [5.74, 6) is 0.741. The van der Waals surface area contributed by atoms with E-state index in [1.54, 1.807) is 18.2 Å². The molecule has 0 bridgehead atoms. The Hall–Kier alpha value is -1.36. The van der Waals surface area contributed by atoms with E-state index in [1.165, 1.54) is 0 Å². The molecule has 1 aromatic heterocycles. The summed E-state index contributed by atoms with van der Waals surface area (Å²) >= 11 is 3.35. The number of hydrogen-bond acceptors (Lipinski definition) is 3. The minimum atomic E-state index is 0.0769. The van der Waals surface area contributed by atoms with Crippen molar-refractivity contribution < 1.29 is 9.53 Å². The fraction of sp³-hybridized carbons (Fsp3) is 0.333. The lowest BCUT2D eigenvalue weighted by atomic mass is 10.1. The Labute approximate surface area is 108 Å². The van der Waals surface area contributed by atoms with Gasteiger partial charge in [0, 0.05) is 29.6 Å². The second-order valence-corrected chi connectivity index (χ2v) is 4.80. The Morgan fingerprint density at radius 2 is 2.47 bits per heavy atom. The highest BCUT2D eigenvalue weighted by Crippen LogP contribution is 2.33. The second-order valence-electron chi connectivity index (χ2n) is 3.89. The van der Waals surface area contributed by atoms with E-state index in [-0.39, 0.29) is 11.8 Å². The van der Waals surface area contributed by atoms with Gasteiger partial charge in [-0.15, -0.1) is 6.58 Å². The maximum Gasteiger partial charge on any atom is 0.237 e. The van der Waals surface area contributed by atoms with Crippen molar-refractivity contribution in [3.05, 3.63) is 29.4 Å². The zero-order chi connectivity index (χ0) is 12.4. The van der Waals surface area contributed by atoms with Crippen molar-refractivity contribution in [2.75, 3.05) is 18.6 Å². The first-order valence-corrected chi connectivity index (χ1v) is 6.07. The average Bonchev–Trinajstić information content (AvgIpc) is 2.70. The zero-order valence-electron chi connectivity index (χ0n) is 9.52. The lowest BCUT2D eigenvalue weighted by Crippen LogP contribution is -2.25. The standard InChI is InChI=1S/C12H13BrN2O2/c1-3-8-4-11(16)15(7-8)10-5-9(13)6-14-12(10)17-2/h3,5-6,8H,1,4,7H2,2H3. The van der Waals surface area contributed by atoms with Crippen LogP contribution in [0.1, 0.15) is 6.42 Å². The second kappa shape index (κ2) is 4.87. The maximum atomic E-state index is 11.9. The first kappa shape index (κ1) is 12.1. The Morgan fingerprint density at radius 3 is 3.06 bits per heavy atom. The van der Waals surface area contributed by atoms with Crippen LogP contribution in [-0.2, 0) is 4.79 Å². The predicted molar refractivity (Wildman–Crippen MR) is 69.1 cm³/mol. The highest BCUT2D eigenvalue weighted by atomic mass is 79.9. The Balaban J connectivity index is 2.36. The van der Waals surface area contributed by atoms with Gasteiger partial charge in [0.1, 0.15) is 5.69 Å². The topological polar surface area (TPSA) is 42.4 Å². The van der Waals surface area contributed by atoms with E-state index in [2.05, 4.69) is 27.5 Å². The molecular formula is C12H13BrN2O2. The minimum absolute atomic E-state index is 0.0769. The number of pyridine rings is 1. The monoisotopic (exact) mass is 296 g/mol. The van der Waals surface area contributed by atoms with Gasteiger partial charge in [-0.25, -0.2) is 4.98 Å². The van der Waals surface area contributed by atoms with Crippen LogP contribution in [0.15, 0.2) is 29.4 Å². The van der Waals surface area contributed by atoms with Crippen LogP contribution in [-0.4, -0.2) is 24.5 Å². The van der Waals surface area contributed by atoms with E-state index in [0.29, 0.717) is 24.5 Å². The van der Waals surface area contributed by atoms with Gasteiger partial charge >= 0.3 is 0 Å². The van der Waals surface area contributed by atoms with Crippen LogP contribution in [0.4, 0.5) is 5.69 Å². The molecule has 2 heterocycles. The van der Waals surface area contributed by atoms with Crippen LogP contribution >= 0.6 is 15.9 Å². The molecule has 1 atom stereocenters. The molecule has 1 unspecified atom stereocenters. The number of amides is 1. The fourth-order valence-corrected chi connectivity index (χ4v) is 2.21. The quantitative estimate of drug-likeness (QED) is 0.805. The predicted octanol–water partition coefficient (Wildman–Crippen LogP) is 2.39. The SMILES string of the molecule is C=CC1CC(=O)N(c2cc(Br)cnc2OC)C1. The Kier molecular flexibility index (Phi) is 3.47. The number of hydrogen-bond donors (Lipinski definition) is 0. The van der Waals surface area contributed by atoms with E-state index in [9.17, 15) is 4.79 Å². The van der Waals surface area contributed by atoms with Crippen LogP contribution in [0.25, 0.3) is 0 Å². The molecule has 17 heavy (non-hydrogen) atoms. The van der Waals surface area contributed by atoms with Crippen molar-refractivity contribution in [3.63, 3.8) is 0 Å². The van der Waals surface area contributed by atoms with Gasteiger partial charge in [-0.2, -0.15) is 0 Å². The molecule has 90 valence electrons. The number of halogens is 1. The summed E-state index contributed by atoms with van der Waals surface area (Å²) in [6.07, 6.45) is 3.96. The normalized spacial score (nSPS) is 19.5. The van der Waals surface area contributed by atoms with E-state index < -0.39 is 0 Å². The van der Waals surface area contributed by atoms with Gasteiger partial charge in [0.2, 0.25) is 11.8 Å². The molecule has 1 saturated heterocycles. The Bertz CT molecular complexity index is 462. The van der Waals surface area contributed by atoms with Crippen molar-refractivity contribution in [2.45, 2.75) is 6.42 Å². The third-order valence-corrected chi connectivity index (χ3v) is 3.20. The van der Waals surface area contributed by atoms with Gasteiger partial charge < -0.3 is 9.64 Å². The average molecular weight is 297 g/mol. The molecule has 0 spiro atoms. The molecule has 0 N–H and O–H groups in total. The van der Waals surface area contributed by atoms with Crippen molar-refractivity contribution in [2.24, 2.45) is 5.92 Å². The third-order valence-electron chi connectivity index (χ3n) is 2.77. The number of methoxy groups -OCH3 is 1. The van der Waals surface area contributed by atoms with Crippen LogP contribution in [0.2, 0.25) is 0 Å². The molecule has 1 aliphatic heterocycles. The largest absolute Gasteiger partial charge is 0.480 e. The molecule has 0 radical (unpaired) electrons. The van der Waals surface area contributed by atoms with Crippen LogP contribution < -0.4 is 9.64 Å². The van der Waals surface area contributed by atoms with Crippen LogP contribution in [0.3, 0.4) is 0 Å². The van der Waals surface area contributed by atoms with Gasteiger partial charge in [0.25, 0.3) is 0 Å². The highest BCUT2D eigenvalue weighted by Gasteiger charge is 2.30. The zero-order valence-corrected chi connectivity index (χ0v) is 11.1. The van der Waals surface area contributed by atoms with Crippen molar-refractivity contribution in [1.82, 2.24) is 4.98 Å². The molecule has 1 aromatic rings. The summed E-state index contributed by atoms with van der Waals surface area (Å²) in [4.78, 5) is 17.7. The van der Waals surface area contributed by atoms with Gasteiger partial charge in [-0.3, -0.25) is 4.79 Å². The van der Waals surface area contributed by atoms with E-state index in [4.69, 9.17) is 4.74 Å². The van der Waals surface area contributed by atoms with Crippen LogP contribution in [0, 0.1) is 5.92 Å². The third kappa shape index (κ3) is 2.34. The molecule has 0 aromatic carbocycles. The van der Waals surface area contributed by atoms with Crippen molar-refractivity contribution in [1.29, 1.82) is 0 Å². The summed E-state index contributed by atoms with van der Waals surface area (Å²) in [5, 5.41) is 0. The molecule has 1 fully saturated rings. The number of anilines is 1. The summed E-state index contributed by atoms with van der Waals surface area (Å²) in [7, 11) is 1.55. The Morgan fingerprint density at radius 1 is 1.71 bits per heavy atom.